The van der Waals surface area contributed by atoms with E-state index in [9.17, 15) is 4.79 Å². The Hall–Kier alpha value is -0.590. The zero-order chi connectivity index (χ0) is 16.7. The largest absolute Gasteiger partial charge is 0.299 e. The van der Waals surface area contributed by atoms with E-state index in [4.69, 9.17) is 0 Å². The van der Waals surface area contributed by atoms with Crippen molar-refractivity contribution in [2.24, 2.45) is 33.5 Å². The highest BCUT2D eigenvalue weighted by atomic mass is 16.1. The number of hydrogen-bond donors (Lipinski definition) is 0. The summed E-state index contributed by atoms with van der Waals surface area (Å²) in [5, 5.41) is 0. The van der Waals surface area contributed by atoms with Gasteiger partial charge in [-0.15, -0.1) is 0 Å². The van der Waals surface area contributed by atoms with Crippen molar-refractivity contribution in [1.82, 2.24) is 0 Å². The van der Waals surface area contributed by atoms with Crippen LogP contribution in [0, 0.1) is 33.5 Å². The summed E-state index contributed by atoms with van der Waals surface area (Å²) in [6.07, 6.45) is 11.7. The fourth-order valence-corrected chi connectivity index (χ4v) is 8.10. The van der Waals surface area contributed by atoms with Gasteiger partial charge in [-0.05, 0) is 86.4 Å². The molecule has 6 atom stereocenters. The van der Waals surface area contributed by atoms with Crippen molar-refractivity contribution in [2.75, 3.05) is 0 Å². The zero-order valence-electron chi connectivity index (χ0n) is 15.6. The molecule has 0 amide bonds. The Labute approximate surface area is 142 Å². The first-order valence-electron chi connectivity index (χ1n) is 9.86. The average molecular weight is 315 g/mol. The van der Waals surface area contributed by atoms with E-state index in [0.717, 1.165) is 12.3 Å². The monoisotopic (exact) mass is 314 g/mol. The van der Waals surface area contributed by atoms with E-state index in [1.54, 1.807) is 0 Å². The standard InChI is InChI=1S/C22H34O/c1-15-13-22-12-8-17-20(4,16(2)23)9-6-10-21(17,5)18(22)7-11-19(15,3)14-22/h17-18H,1,6-14H2,2-5H3. The van der Waals surface area contributed by atoms with Gasteiger partial charge in [0, 0.05) is 5.41 Å². The predicted molar refractivity (Wildman–Crippen MR) is 95.1 cm³/mol. The van der Waals surface area contributed by atoms with Gasteiger partial charge in [0.15, 0.2) is 0 Å². The molecule has 0 aromatic rings. The fourth-order valence-electron chi connectivity index (χ4n) is 8.10. The zero-order valence-corrected chi connectivity index (χ0v) is 15.6. The summed E-state index contributed by atoms with van der Waals surface area (Å²) in [4.78, 5) is 12.5. The smallest absolute Gasteiger partial charge is 0.135 e. The summed E-state index contributed by atoms with van der Waals surface area (Å²) in [6, 6.07) is 0. The first-order valence-corrected chi connectivity index (χ1v) is 9.86. The molecule has 0 heterocycles. The molecule has 4 aliphatic rings. The van der Waals surface area contributed by atoms with Crippen LogP contribution in [0.15, 0.2) is 12.2 Å². The molecule has 0 aromatic carbocycles. The van der Waals surface area contributed by atoms with Crippen molar-refractivity contribution >= 4 is 5.78 Å². The van der Waals surface area contributed by atoms with Gasteiger partial charge < -0.3 is 0 Å². The van der Waals surface area contributed by atoms with Crippen LogP contribution in [0.4, 0.5) is 0 Å². The first kappa shape index (κ1) is 15.9. The lowest BCUT2D eigenvalue weighted by molar-refractivity contribution is -0.167. The summed E-state index contributed by atoms with van der Waals surface area (Å²) >= 11 is 0. The molecular weight excluding hydrogens is 280 g/mol. The van der Waals surface area contributed by atoms with Gasteiger partial charge in [-0.25, -0.2) is 0 Å². The number of rotatable bonds is 1. The molecule has 128 valence electrons. The van der Waals surface area contributed by atoms with Crippen LogP contribution in [0.1, 0.15) is 85.5 Å². The van der Waals surface area contributed by atoms with Gasteiger partial charge in [-0.2, -0.15) is 0 Å². The van der Waals surface area contributed by atoms with Gasteiger partial charge in [-0.1, -0.05) is 39.3 Å². The molecule has 6 unspecified atom stereocenters. The van der Waals surface area contributed by atoms with Gasteiger partial charge in [0.05, 0.1) is 0 Å². The summed E-state index contributed by atoms with van der Waals surface area (Å²) in [7, 11) is 0. The minimum atomic E-state index is -0.0645. The lowest BCUT2D eigenvalue weighted by atomic mass is 9.40. The van der Waals surface area contributed by atoms with E-state index >= 15 is 0 Å². The van der Waals surface area contributed by atoms with Crippen molar-refractivity contribution in [3.05, 3.63) is 12.2 Å². The SMILES string of the molecule is C=C1CC23CCC4C(C)(C(C)=O)CCCC4(C)C2CCC1(C)C3. The summed E-state index contributed by atoms with van der Waals surface area (Å²) in [6.45, 7) is 13.7. The number of carbonyl (C=O) groups excluding carboxylic acids is 1. The van der Waals surface area contributed by atoms with E-state index in [1.807, 2.05) is 6.92 Å². The third kappa shape index (κ3) is 1.83. The molecule has 4 aliphatic carbocycles. The molecule has 0 N–H and O–H groups in total. The highest BCUT2D eigenvalue weighted by molar-refractivity contribution is 5.82. The number of carbonyl (C=O) groups is 1. The van der Waals surface area contributed by atoms with E-state index in [0.29, 0.717) is 27.9 Å². The molecule has 2 bridgehead atoms. The second kappa shape index (κ2) is 4.52. The van der Waals surface area contributed by atoms with E-state index in [-0.39, 0.29) is 5.41 Å². The average Bonchev–Trinajstić information content (AvgIpc) is 2.63. The van der Waals surface area contributed by atoms with Gasteiger partial charge in [-0.3, -0.25) is 4.79 Å². The fraction of sp³-hybridized carbons (Fsp3) is 0.864. The second-order valence-electron chi connectivity index (χ2n) is 10.4. The molecule has 4 rings (SSSR count). The predicted octanol–water partition coefficient (Wildman–Crippen LogP) is 5.93. The summed E-state index contributed by atoms with van der Waals surface area (Å²) < 4.78 is 0. The Morgan fingerprint density at radius 3 is 2.43 bits per heavy atom. The van der Waals surface area contributed by atoms with Crippen LogP contribution in [0.25, 0.3) is 0 Å². The molecular formula is C22H34O. The Morgan fingerprint density at radius 2 is 1.74 bits per heavy atom. The topological polar surface area (TPSA) is 17.1 Å². The van der Waals surface area contributed by atoms with Gasteiger partial charge in [0.25, 0.3) is 0 Å². The van der Waals surface area contributed by atoms with Crippen LogP contribution in [0.3, 0.4) is 0 Å². The maximum Gasteiger partial charge on any atom is 0.135 e. The van der Waals surface area contributed by atoms with Crippen LogP contribution in [0.2, 0.25) is 0 Å². The van der Waals surface area contributed by atoms with Gasteiger partial charge >= 0.3 is 0 Å². The minimum absolute atomic E-state index is 0.0645. The third-order valence-electron chi connectivity index (χ3n) is 9.39. The molecule has 23 heavy (non-hydrogen) atoms. The minimum Gasteiger partial charge on any atom is -0.299 e. The molecule has 0 saturated heterocycles. The molecule has 0 radical (unpaired) electrons. The maximum absolute atomic E-state index is 12.5. The highest BCUT2D eigenvalue weighted by Gasteiger charge is 2.66. The Balaban J connectivity index is 1.76. The van der Waals surface area contributed by atoms with E-state index in [2.05, 4.69) is 27.4 Å². The first-order chi connectivity index (χ1) is 10.7. The van der Waals surface area contributed by atoms with Crippen LogP contribution in [-0.2, 0) is 4.79 Å². The van der Waals surface area contributed by atoms with Crippen molar-refractivity contribution in [3.8, 4) is 0 Å². The second-order valence-corrected chi connectivity index (χ2v) is 10.4. The Bertz CT molecular complexity index is 577. The number of fused-ring (bicyclic) bond motifs is 3. The lowest BCUT2D eigenvalue weighted by Gasteiger charge is -2.64. The normalized spacial score (nSPS) is 55.2. The molecule has 1 spiro atoms. The Morgan fingerprint density at radius 1 is 1.04 bits per heavy atom. The number of hydrogen-bond acceptors (Lipinski definition) is 1. The Kier molecular flexibility index (Phi) is 3.13. The number of allylic oxidation sites excluding steroid dienone is 1. The van der Waals surface area contributed by atoms with E-state index in [1.165, 1.54) is 56.9 Å². The molecule has 4 saturated carbocycles. The van der Waals surface area contributed by atoms with Gasteiger partial charge in [0.1, 0.15) is 5.78 Å². The van der Waals surface area contributed by atoms with E-state index < -0.39 is 0 Å². The molecule has 1 nitrogen and oxygen atoms in total. The van der Waals surface area contributed by atoms with Gasteiger partial charge in [0.2, 0.25) is 0 Å². The van der Waals surface area contributed by atoms with Crippen LogP contribution < -0.4 is 0 Å². The summed E-state index contributed by atoms with van der Waals surface area (Å²) in [5.41, 5.74) is 2.78. The van der Waals surface area contributed by atoms with Crippen molar-refractivity contribution in [1.29, 1.82) is 0 Å². The molecule has 0 aromatic heterocycles. The number of ketones is 1. The molecule has 4 fully saturated rings. The van der Waals surface area contributed by atoms with Crippen LogP contribution in [0.5, 0.6) is 0 Å². The van der Waals surface area contributed by atoms with Crippen LogP contribution in [-0.4, -0.2) is 5.78 Å². The molecule has 0 aliphatic heterocycles. The third-order valence-corrected chi connectivity index (χ3v) is 9.39. The van der Waals surface area contributed by atoms with Crippen molar-refractivity contribution < 1.29 is 4.79 Å². The summed E-state index contributed by atoms with van der Waals surface area (Å²) in [5.74, 6) is 1.87. The number of Topliss-reactive ketones (excluding diaryl/α,β-unsaturated/α-hetero) is 1. The highest BCUT2D eigenvalue weighted by Crippen LogP contribution is 2.74. The lowest BCUT2D eigenvalue weighted by Crippen LogP contribution is -2.58. The maximum atomic E-state index is 12.5. The van der Waals surface area contributed by atoms with Crippen LogP contribution >= 0.6 is 0 Å². The molecule has 1 heteroatoms. The van der Waals surface area contributed by atoms with Crippen molar-refractivity contribution in [2.45, 2.75) is 85.5 Å². The quantitative estimate of drug-likeness (QED) is 0.548. The van der Waals surface area contributed by atoms with Crippen molar-refractivity contribution in [3.63, 3.8) is 0 Å².